The number of nitrogens with zero attached hydrogens (tertiary/aromatic N) is 6. The van der Waals surface area contributed by atoms with E-state index in [-0.39, 0.29) is 28.5 Å². The monoisotopic (exact) mass is 463 g/mol. The number of thioether (sulfide) groups is 1. The topological polar surface area (TPSA) is 177 Å². The maximum absolute atomic E-state index is 12.8. The van der Waals surface area contributed by atoms with Gasteiger partial charge in [0.15, 0.2) is 5.69 Å². The Morgan fingerprint density at radius 2 is 1.91 bits per heavy atom. The summed E-state index contributed by atoms with van der Waals surface area (Å²) < 4.78 is 5.90. The van der Waals surface area contributed by atoms with Crippen molar-refractivity contribution in [3.63, 3.8) is 0 Å². The summed E-state index contributed by atoms with van der Waals surface area (Å²) in [6.07, 6.45) is 1.20. The van der Waals surface area contributed by atoms with Gasteiger partial charge in [-0.15, -0.1) is 16.9 Å². The number of carboxylic acid groups (broad SMARTS) is 1. The Kier molecular flexibility index (Phi) is 6.40. The molecule has 4 rings (SSSR count). The van der Waals surface area contributed by atoms with Gasteiger partial charge in [-0.2, -0.15) is 9.78 Å². The van der Waals surface area contributed by atoms with Crippen molar-refractivity contribution in [3.8, 4) is 5.82 Å². The second kappa shape index (κ2) is 9.74. The Labute approximate surface area is 190 Å². The lowest BCUT2D eigenvalue weighted by Crippen LogP contribution is -2.24. The molecule has 0 aliphatic rings. The third-order valence-corrected chi connectivity index (χ3v) is 5.37. The van der Waals surface area contributed by atoms with E-state index in [0.29, 0.717) is 11.4 Å². The fraction of sp³-hybridized carbons (Fsp3) is 0.0500. The van der Waals surface area contributed by atoms with E-state index in [2.05, 4.69) is 35.8 Å². The minimum Gasteiger partial charge on any atom is -0.545 e. The van der Waals surface area contributed by atoms with E-state index in [1.807, 2.05) is 30.3 Å². The van der Waals surface area contributed by atoms with Crippen LogP contribution >= 0.6 is 11.8 Å². The highest BCUT2D eigenvalue weighted by atomic mass is 32.2. The summed E-state index contributed by atoms with van der Waals surface area (Å²) in [6, 6.07) is 15.6. The van der Waals surface area contributed by atoms with Crippen molar-refractivity contribution < 1.29 is 19.3 Å². The lowest BCUT2D eigenvalue weighted by molar-refractivity contribution is -0.255. The first-order chi connectivity index (χ1) is 16.0. The molecule has 0 aliphatic carbocycles. The van der Waals surface area contributed by atoms with Crippen LogP contribution in [0.15, 0.2) is 69.2 Å². The number of hydrogen-bond donors (Lipinski definition) is 2. The summed E-state index contributed by atoms with van der Waals surface area (Å²) in [4.78, 5) is 24.9. The quantitative estimate of drug-likeness (QED) is 0.214. The number of carbonyl (C=O) groups excluding carboxylic acids is 2. The first kappa shape index (κ1) is 21.7. The predicted octanol–water partition coefficient (Wildman–Crippen LogP) is 0.652. The zero-order valence-corrected chi connectivity index (χ0v) is 17.6. The van der Waals surface area contributed by atoms with Gasteiger partial charge < -0.3 is 15.6 Å². The smallest absolute Gasteiger partial charge is 0.293 e. The van der Waals surface area contributed by atoms with Crippen LogP contribution in [0.25, 0.3) is 5.82 Å². The normalized spacial score (nSPS) is 11.0. The van der Waals surface area contributed by atoms with Crippen molar-refractivity contribution in [3.05, 3.63) is 77.1 Å². The van der Waals surface area contributed by atoms with Gasteiger partial charge >= 0.3 is 0 Å². The Hall–Kier alpha value is -4.52. The van der Waals surface area contributed by atoms with Crippen LogP contribution in [0.3, 0.4) is 0 Å². The number of amides is 1. The zero-order valence-electron chi connectivity index (χ0n) is 16.8. The van der Waals surface area contributed by atoms with Gasteiger partial charge in [0.1, 0.15) is 0 Å². The summed E-state index contributed by atoms with van der Waals surface area (Å²) in [5.74, 6) is -1.65. The van der Waals surface area contributed by atoms with Crippen molar-refractivity contribution >= 4 is 35.7 Å². The highest BCUT2D eigenvalue weighted by Crippen LogP contribution is 2.25. The largest absolute Gasteiger partial charge is 0.545 e. The minimum atomic E-state index is -1.36. The number of hydrogen-bond acceptors (Lipinski definition) is 11. The molecule has 2 aromatic heterocycles. The van der Waals surface area contributed by atoms with Crippen molar-refractivity contribution in [1.29, 1.82) is 0 Å². The summed E-state index contributed by atoms with van der Waals surface area (Å²) in [7, 11) is 0. The first-order valence-corrected chi connectivity index (χ1v) is 10.4. The molecule has 0 saturated heterocycles. The van der Waals surface area contributed by atoms with E-state index in [4.69, 9.17) is 5.73 Å². The number of nitrogens with one attached hydrogen (secondary N) is 1. The standard InChI is InChI=1S/C20H16N8O4S/c21-17-18(26-32-25-17)28-15(11-33-13-7-2-1-3-8-13)16(23-27-28)19(29)24-22-10-12-6-4-5-9-14(12)20(30)31/h1-10H,11H2,(H2,21,25)(H,24,29)(H,30,31)/p-1. The minimum absolute atomic E-state index is 0.0188. The summed E-state index contributed by atoms with van der Waals surface area (Å²) in [5.41, 5.74) is 8.67. The number of carboxylic acids is 1. The van der Waals surface area contributed by atoms with Crippen LogP contribution in [0.4, 0.5) is 5.82 Å². The second-order valence-electron chi connectivity index (χ2n) is 6.45. The summed E-state index contributed by atoms with van der Waals surface area (Å²) >= 11 is 1.44. The van der Waals surface area contributed by atoms with Gasteiger partial charge in [-0.1, -0.05) is 47.7 Å². The molecule has 166 valence electrons. The summed E-state index contributed by atoms with van der Waals surface area (Å²) in [6.45, 7) is 0. The molecule has 0 bridgehead atoms. The molecule has 0 radical (unpaired) electrons. The Morgan fingerprint density at radius 1 is 1.15 bits per heavy atom. The number of aromatic nitrogens is 5. The molecule has 0 saturated carbocycles. The number of benzene rings is 2. The molecular formula is C20H15N8O4S-. The van der Waals surface area contributed by atoms with Gasteiger partial charge in [0.05, 0.1) is 17.9 Å². The van der Waals surface area contributed by atoms with Crippen molar-refractivity contribution in [2.75, 3.05) is 5.73 Å². The second-order valence-corrected chi connectivity index (χ2v) is 7.49. The molecule has 4 aromatic rings. The van der Waals surface area contributed by atoms with Gasteiger partial charge in [-0.05, 0) is 22.4 Å². The molecule has 2 heterocycles. The maximum Gasteiger partial charge on any atom is 0.293 e. The van der Waals surface area contributed by atoms with Gasteiger partial charge in [0, 0.05) is 21.8 Å². The molecular weight excluding hydrogens is 448 g/mol. The molecule has 0 unspecified atom stereocenters. The molecule has 1 amide bonds. The zero-order chi connectivity index (χ0) is 23.2. The van der Waals surface area contributed by atoms with E-state index in [1.54, 1.807) is 12.1 Å². The number of anilines is 1. The average Bonchev–Trinajstić information content (AvgIpc) is 3.44. The lowest BCUT2D eigenvalue weighted by Gasteiger charge is -2.06. The van der Waals surface area contributed by atoms with Crippen LogP contribution in [0.1, 0.15) is 32.1 Å². The molecule has 2 aromatic carbocycles. The van der Waals surface area contributed by atoms with Crippen molar-refractivity contribution in [2.24, 2.45) is 5.10 Å². The number of nitrogen functional groups attached to an aromatic ring is 1. The molecule has 0 atom stereocenters. The van der Waals surface area contributed by atoms with E-state index >= 15 is 0 Å². The molecule has 3 N–H and O–H groups in total. The molecule has 0 spiro atoms. The average molecular weight is 463 g/mol. The number of rotatable bonds is 8. The van der Waals surface area contributed by atoms with E-state index in [9.17, 15) is 14.7 Å². The highest BCUT2D eigenvalue weighted by Gasteiger charge is 2.24. The van der Waals surface area contributed by atoms with E-state index in [0.717, 1.165) is 4.90 Å². The number of nitrogens with two attached hydrogens (primary N) is 1. The summed E-state index contributed by atoms with van der Waals surface area (Å²) in [5, 5.41) is 30.2. The molecule has 13 heteroatoms. The van der Waals surface area contributed by atoms with Gasteiger partial charge in [-0.25, -0.2) is 10.1 Å². The maximum atomic E-state index is 12.8. The number of aromatic carboxylic acids is 1. The van der Waals surface area contributed by atoms with Crippen LogP contribution in [0.5, 0.6) is 0 Å². The van der Waals surface area contributed by atoms with Crippen LogP contribution < -0.4 is 16.3 Å². The lowest BCUT2D eigenvalue weighted by atomic mass is 10.1. The third-order valence-electron chi connectivity index (χ3n) is 4.34. The Balaban J connectivity index is 1.59. The Bertz CT molecular complexity index is 1320. The SMILES string of the molecule is Nc1nonc1-n1nnc(C(=O)NN=Cc2ccccc2C(=O)[O-])c1CSc1ccccc1. The highest BCUT2D eigenvalue weighted by molar-refractivity contribution is 7.98. The molecule has 33 heavy (non-hydrogen) atoms. The van der Waals surface area contributed by atoms with E-state index in [1.165, 1.54) is 34.8 Å². The van der Waals surface area contributed by atoms with Gasteiger partial charge in [0.25, 0.3) is 5.91 Å². The fourth-order valence-electron chi connectivity index (χ4n) is 2.79. The molecule has 12 nitrogen and oxygen atoms in total. The van der Waals surface area contributed by atoms with Crippen molar-refractivity contribution in [2.45, 2.75) is 10.6 Å². The van der Waals surface area contributed by atoms with Crippen LogP contribution in [-0.4, -0.2) is 43.4 Å². The van der Waals surface area contributed by atoms with Crippen LogP contribution in [0.2, 0.25) is 0 Å². The molecule has 0 fully saturated rings. The van der Waals surface area contributed by atoms with Gasteiger partial charge in [-0.3, -0.25) is 4.79 Å². The van der Waals surface area contributed by atoms with E-state index < -0.39 is 11.9 Å². The van der Waals surface area contributed by atoms with Crippen molar-refractivity contribution in [1.82, 2.24) is 30.7 Å². The predicted molar refractivity (Wildman–Crippen MR) is 115 cm³/mol. The molecule has 0 aliphatic heterocycles. The number of carbonyl (C=O) groups is 2. The van der Waals surface area contributed by atoms with Crippen LogP contribution in [0, 0.1) is 0 Å². The first-order valence-electron chi connectivity index (χ1n) is 9.39. The van der Waals surface area contributed by atoms with Gasteiger partial charge in [0.2, 0.25) is 11.6 Å². The number of hydrazone groups is 1. The van der Waals surface area contributed by atoms with Crippen LogP contribution in [-0.2, 0) is 5.75 Å². The fourth-order valence-corrected chi connectivity index (χ4v) is 3.70. The third kappa shape index (κ3) is 4.88. The Morgan fingerprint density at radius 3 is 2.64 bits per heavy atom.